The Kier molecular flexibility index (Phi) is 4.12. The topological polar surface area (TPSA) is 55.1 Å². The van der Waals surface area contributed by atoms with Gasteiger partial charge in [-0.15, -0.1) is 0 Å². The van der Waals surface area contributed by atoms with E-state index >= 15 is 0 Å². The van der Waals surface area contributed by atoms with Crippen LogP contribution >= 0.6 is 11.6 Å². The highest BCUT2D eigenvalue weighted by Gasteiger charge is 2.16. The lowest BCUT2D eigenvalue weighted by Crippen LogP contribution is -2.39. The first-order chi connectivity index (χ1) is 7.00. The highest BCUT2D eigenvalue weighted by Crippen LogP contribution is 2.15. The number of carbonyl (C=O) groups is 1. The highest BCUT2D eigenvalue weighted by atomic mass is 35.5. The van der Waals surface area contributed by atoms with Gasteiger partial charge in [0.25, 0.3) is 0 Å². The minimum atomic E-state index is -0.496. The van der Waals surface area contributed by atoms with E-state index in [1.165, 1.54) is 0 Å². The van der Waals surface area contributed by atoms with Gasteiger partial charge in [-0.3, -0.25) is 4.79 Å². The second-order valence-corrected chi connectivity index (χ2v) is 4.21. The number of rotatable bonds is 3. The van der Waals surface area contributed by atoms with Crippen molar-refractivity contribution in [2.75, 3.05) is 5.32 Å². The van der Waals surface area contributed by atoms with Gasteiger partial charge in [0.1, 0.15) is 0 Å². The SMILES string of the molecule is CC(C)[C@H](N)C(=O)Nc1cccc(Cl)c1. The molecule has 3 nitrogen and oxygen atoms in total. The van der Waals surface area contributed by atoms with Crippen molar-refractivity contribution in [2.24, 2.45) is 11.7 Å². The third-order valence-electron chi connectivity index (χ3n) is 2.11. The maximum absolute atomic E-state index is 11.6. The van der Waals surface area contributed by atoms with Gasteiger partial charge in [-0.2, -0.15) is 0 Å². The second kappa shape index (κ2) is 5.14. The van der Waals surface area contributed by atoms with Crippen molar-refractivity contribution in [1.82, 2.24) is 0 Å². The zero-order valence-electron chi connectivity index (χ0n) is 8.83. The van der Waals surface area contributed by atoms with Crippen LogP contribution in [0.4, 0.5) is 5.69 Å². The molecule has 1 atom stereocenters. The molecule has 0 bridgehead atoms. The van der Waals surface area contributed by atoms with E-state index in [0.717, 1.165) is 0 Å². The Hall–Kier alpha value is -1.06. The van der Waals surface area contributed by atoms with E-state index < -0.39 is 6.04 Å². The summed E-state index contributed by atoms with van der Waals surface area (Å²) in [5.74, 6) is -0.0727. The Morgan fingerprint density at radius 1 is 1.47 bits per heavy atom. The quantitative estimate of drug-likeness (QED) is 0.831. The van der Waals surface area contributed by atoms with Crippen LogP contribution in [0.1, 0.15) is 13.8 Å². The van der Waals surface area contributed by atoms with Crippen molar-refractivity contribution in [3.8, 4) is 0 Å². The van der Waals surface area contributed by atoms with Crippen molar-refractivity contribution in [1.29, 1.82) is 0 Å². The summed E-state index contributed by atoms with van der Waals surface area (Å²) in [4.78, 5) is 11.6. The zero-order chi connectivity index (χ0) is 11.4. The van der Waals surface area contributed by atoms with Crippen molar-refractivity contribution in [2.45, 2.75) is 19.9 Å². The molecule has 0 spiro atoms. The van der Waals surface area contributed by atoms with E-state index in [-0.39, 0.29) is 11.8 Å². The number of amides is 1. The van der Waals surface area contributed by atoms with E-state index in [0.29, 0.717) is 10.7 Å². The molecule has 0 saturated carbocycles. The molecule has 0 radical (unpaired) electrons. The number of hydrogen-bond acceptors (Lipinski definition) is 2. The van der Waals surface area contributed by atoms with Crippen LogP contribution in [0.25, 0.3) is 0 Å². The lowest BCUT2D eigenvalue weighted by atomic mass is 10.1. The van der Waals surface area contributed by atoms with Crippen LogP contribution in [0.15, 0.2) is 24.3 Å². The Balaban J connectivity index is 2.66. The maximum atomic E-state index is 11.6. The number of halogens is 1. The van der Waals surface area contributed by atoms with E-state index in [4.69, 9.17) is 17.3 Å². The third-order valence-corrected chi connectivity index (χ3v) is 2.35. The first-order valence-electron chi connectivity index (χ1n) is 4.82. The van der Waals surface area contributed by atoms with Gasteiger partial charge in [-0.1, -0.05) is 31.5 Å². The van der Waals surface area contributed by atoms with E-state index in [2.05, 4.69) is 5.32 Å². The Bertz CT molecular complexity index is 352. The van der Waals surface area contributed by atoms with Gasteiger partial charge in [0.2, 0.25) is 5.91 Å². The van der Waals surface area contributed by atoms with Gasteiger partial charge in [0.05, 0.1) is 6.04 Å². The fourth-order valence-corrected chi connectivity index (χ4v) is 1.28. The molecule has 0 fully saturated rings. The summed E-state index contributed by atoms with van der Waals surface area (Å²) in [5, 5.41) is 3.30. The molecule has 0 aliphatic carbocycles. The molecule has 15 heavy (non-hydrogen) atoms. The lowest BCUT2D eigenvalue weighted by molar-refractivity contribution is -0.118. The zero-order valence-corrected chi connectivity index (χ0v) is 9.58. The van der Waals surface area contributed by atoms with Gasteiger partial charge in [0.15, 0.2) is 0 Å². The summed E-state index contributed by atoms with van der Waals surface area (Å²) in [7, 11) is 0. The monoisotopic (exact) mass is 226 g/mol. The van der Waals surface area contributed by atoms with Crippen molar-refractivity contribution in [3.63, 3.8) is 0 Å². The molecule has 4 heteroatoms. The Morgan fingerprint density at radius 3 is 2.67 bits per heavy atom. The van der Waals surface area contributed by atoms with Gasteiger partial charge < -0.3 is 11.1 Å². The van der Waals surface area contributed by atoms with Gasteiger partial charge in [-0.05, 0) is 24.1 Å². The summed E-state index contributed by atoms with van der Waals surface area (Å²) in [6.07, 6.45) is 0. The summed E-state index contributed by atoms with van der Waals surface area (Å²) in [6, 6.07) is 6.49. The summed E-state index contributed by atoms with van der Waals surface area (Å²) >= 11 is 5.79. The van der Waals surface area contributed by atoms with Crippen molar-refractivity contribution in [3.05, 3.63) is 29.3 Å². The lowest BCUT2D eigenvalue weighted by Gasteiger charge is -2.15. The molecule has 1 aromatic rings. The van der Waals surface area contributed by atoms with Crippen LogP contribution in [-0.4, -0.2) is 11.9 Å². The first kappa shape index (κ1) is 12.0. The molecule has 3 N–H and O–H groups in total. The van der Waals surface area contributed by atoms with E-state index in [1.54, 1.807) is 24.3 Å². The third kappa shape index (κ3) is 3.53. The molecular formula is C11H15ClN2O. The Labute approximate surface area is 94.6 Å². The predicted octanol–water partition coefficient (Wildman–Crippen LogP) is 2.26. The number of anilines is 1. The van der Waals surface area contributed by atoms with Gasteiger partial charge in [0, 0.05) is 10.7 Å². The van der Waals surface area contributed by atoms with Crippen LogP contribution in [-0.2, 0) is 4.79 Å². The Morgan fingerprint density at radius 2 is 2.13 bits per heavy atom. The van der Waals surface area contributed by atoms with Crippen LogP contribution < -0.4 is 11.1 Å². The number of nitrogens with one attached hydrogen (secondary N) is 1. The minimum absolute atomic E-state index is 0.115. The molecule has 1 rings (SSSR count). The number of carbonyl (C=O) groups excluding carboxylic acids is 1. The second-order valence-electron chi connectivity index (χ2n) is 3.77. The molecule has 1 aromatic carbocycles. The smallest absolute Gasteiger partial charge is 0.241 e. The average Bonchev–Trinajstić information content (AvgIpc) is 2.16. The number of benzene rings is 1. The van der Waals surface area contributed by atoms with Crippen LogP contribution in [0, 0.1) is 5.92 Å². The van der Waals surface area contributed by atoms with Crippen LogP contribution in [0.2, 0.25) is 5.02 Å². The van der Waals surface area contributed by atoms with E-state index in [1.807, 2.05) is 13.8 Å². The molecule has 82 valence electrons. The van der Waals surface area contributed by atoms with Crippen molar-refractivity contribution < 1.29 is 4.79 Å². The molecule has 1 amide bonds. The van der Waals surface area contributed by atoms with Crippen LogP contribution in [0.5, 0.6) is 0 Å². The highest BCUT2D eigenvalue weighted by molar-refractivity contribution is 6.30. The molecule has 0 aliphatic rings. The molecule has 0 aromatic heterocycles. The molecule has 0 aliphatic heterocycles. The van der Waals surface area contributed by atoms with Gasteiger partial charge in [-0.25, -0.2) is 0 Å². The maximum Gasteiger partial charge on any atom is 0.241 e. The van der Waals surface area contributed by atoms with E-state index in [9.17, 15) is 4.79 Å². The normalized spacial score (nSPS) is 12.6. The van der Waals surface area contributed by atoms with Crippen molar-refractivity contribution >= 4 is 23.2 Å². The standard InChI is InChI=1S/C11H15ClN2O/c1-7(2)10(13)11(15)14-9-5-3-4-8(12)6-9/h3-7,10H,13H2,1-2H3,(H,14,15)/t10-/m0/s1. The van der Waals surface area contributed by atoms with Gasteiger partial charge >= 0.3 is 0 Å². The molecule has 0 saturated heterocycles. The first-order valence-corrected chi connectivity index (χ1v) is 5.20. The minimum Gasteiger partial charge on any atom is -0.325 e. The molecule has 0 unspecified atom stereocenters. The average molecular weight is 227 g/mol. The predicted molar refractivity (Wildman–Crippen MR) is 62.9 cm³/mol. The fraction of sp³-hybridized carbons (Fsp3) is 0.364. The summed E-state index contributed by atoms with van der Waals surface area (Å²) in [6.45, 7) is 3.81. The molecular weight excluding hydrogens is 212 g/mol. The van der Waals surface area contributed by atoms with Crippen LogP contribution in [0.3, 0.4) is 0 Å². The number of nitrogens with two attached hydrogens (primary N) is 1. The summed E-state index contributed by atoms with van der Waals surface area (Å²) in [5.41, 5.74) is 6.37. The summed E-state index contributed by atoms with van der Waals surface area (Å²) < 4.78 is 0. The molecule has 0 heterocycles. The largest absolute Gasteiger partial charge is 0.325 e. The fourth-order valence-electron chi connectivity index (χ4n) is 1.09. The number of hydrogen-bond donors (Lipinski definition) is 2.